The van der Waals surface area contributed by atoms with Crippen molar-refractivity contribution in [1.29, 1.82) is 0 Å². The molecular formula is C23H37N5O4S. The number of benzene rings is 1. The van der Waals surface area contributed by atoms with E-state index in [9.17, 15) is 13.0 Å². The van der Waals surface area contributed by atoms with Crippen molar-refractivity contribution in [2.24, 2.45) is 0 Å². The SMILES string of the molecule is CCCCCCCCCCCCNc1nc(Nc2ccc(C)c(S(=O)(=O)O)c2)nc(OC)n1. The van der Waals surface area contributed by atoms with E-state index < -0.39 is 10.1 Å². The van der Waals surface area contributed by atoms with E-state index >= 15 is 0 Å². The summed E-state index contributed by atoms with van der Waals surface area (Å²) < 4.78 is 37.7. The molecular weight excluding hydrogens is 442 g/mol. The van der Waals surface area contributed by atoms with Gasteiger partial charge in [-0.1, -0.05) is 70.8 Å². The molecule has 0 aliphatic rings. The molecule has 1 aromatic carbocycles. The van der Waals surface area contributed by atoms with Crippen LogP contribution in [0.1, 0.15) is 76.7 Å². The summed E-state index contributed by atoms with van der Waals surface area (Å²) in [4.78, 5) is 12.5. The van der Waals surface area contributed by atoms with E-state index in [2.05, 4.69) is 32.5 Å². The maximum Gasteiger partial charge on any atom is 0.322 e. The smallest absolute Gasteiger partial charge is 0.322 e. The largest absolute Gasteiger partial charge is 0.467 e. The molecule has 0 aliphatic carbocycles. The standard InChI is InChI=1S/C23H37N5O4S/c1-4-5-6-7-8-9-10-11-12-13-16-24-21-26-22(28-23(27-21)32-3)25-19-15-14-18(2)20(17-19)33(29,30)31/h14-15,17H,4-13,16H2,1-3H3,(H,29,30,31)(H2,24,25,26,27,28). The Morgan fingerprint density at radius 3 is 2.12 bits per heavy atom. The van der Waals surface area contributed by atoms with Crippen molar-refractivity contribution in [3.8, 4) is 6.01 Å². The first kappa shape index (κ1) is 26.8. The summed E-state index contributed by atoms with van der Waals surface area (Å²) >= 11 is 0. The highest BCUT2D eigenvalue weighted by Crippen LogP contribution is 2.23. The molecule has 0 saturated heterocycles. The van der Waals surface area contributed by atoms with Crippen LogP contribution in [-0.4, -0.2) is 41.6 Å². The van der Waals surface area contributed by atoms with E-state index in [1.54, 1.807) is 19.1 Å². The fraction of sp³-hybridized carbons (Fsp3) is 0.609. The minimum absolute atomic E-state index is 0.139. The molecule has 0 unspecified atom stereocenters. The maximum absolute atomic E-state index is 11.6. The Morgan fingerprint density at radius 2 is 1.52 bits per heavy atom. The lowest BCUT2D eigenvalue weighted by atomic mass is 10.1. The first-order chi connectivity index (χ1) is 15.8. The van der Waals surface area contributed by atoms with Crippen LogP contribution in [0.2, 0.25) is 0 Å². The van der Waals surface area contributed by atoms with Gasteiger partial charge in [0.25, 0.3) is 10.1 Å². The van der Waals surface area contributed by atoms with E-state index in [0.717, 1.165) is 19.4 Å². The number of methoxy groups -OCH3 is 1. The number of ether oxygens (including phenoxy) is 1. The van der Waals surface area contributed by atoms with Crippen LogP contribution in [0, 0.1) is 6.92 Å². The minimum atomic E-state index is -4.33. The zero-order valence-electron chi connectivity index (χ0n) is 19.9. The van der Waals surface area contributed by atoms with Crippen LogP contribution in [-0.2, 0) is 10.1 Å². The lowest BCUT2D eigenvalue weighted by Crippen LogP contribution is -2.10. The molecule has 1 heterocycles. The average molecular weight is 480 g/mol. The number of nitrogens with zero attached hydrogens (tertiary/aromatic N) is 3. The number of nitrogens with one attached hydrogen (secondary N) is 2. The summed E-state index contributed by atoms with van der Waals surface area (Å²) in [5.74, 6) is 0.583. The van der Waals surface area contributed by atoms with Gasteiger partial charge in [0.1, 0.15) is 0 Å². The molecule has 9 nitrogen and oxygen atoms in total. The Labute approximate surface area is 197 Å². The fourth-order valence-corrected chi connectivity index (χ4v) is 4.23. The predicted octanol–water partition coefficient (Wildman–Crippen LogP) is 5.51. The first-order valence-electron chi connectivity index (χ1n) is 11.7. The van der Waals surface area contributed by atoms with Gasteiger partial charge in [-0.3, -0.25) is 4.55 Å². The monoisotopic (exact) mass is 479 g/mol. The maximum atomic E-state index is 11.6. The third-order valence-corrected chi connectivity index (χ3v) is 6.33. The summed E-state index contributed by atoms with van der Waals surface area (Å²) in [5, 5.41) is 6.14. The van der Waals surface area contributed by atoms with Crippen LogP contribution in [0.5, 0.6) is 6.01 Å². The van der Waals surface area contributed by atoms with E-state index in [4.69, 9.17) is 4.74 Å². The molecule has 3 N–H and O–H groups in total. The number of anilines is 3. The van der Waals surface area contributed by atoms with Gasteiger partial charge < -0.3 is 15.4 Å². The van der Waals surface area contributed by atoms with Gasteiger partial charge in [0, 0.05) is 12.2 Å². The van der Waals surface area contributed by atoms with Gasteiger partial charge in [0.05, 0.1) is 12.0 Å². The van der Waals surface area contributed by atoms with Gasteiger partial charge in [-0.25, -0.2) is 0 Å². The van der Waals surface area contributed by atoms with E-state index in [0.29, 0.717) is 17.2 Å². The number of hydrogen-bond donors (Lipinski definition) is 3. The molecule has 0 atom stereocenters. The van der Waals surface area contributed by atoms with Crippen molar-refractivity contribution in [2.45, 2.75) is 83.0 Å². The third kappa shape index (κ3) is 9.91. The van der Waals surface area contributed by atoms with Gasteiger partial charge in [-0.05, 0) is 31.0 Å². The van der Waals surface area contributed by atoms with Crippen molar-refractivity contribution >= 4 is 27.7 Å². The van der Waals surface area contributed by atoms with Crippen LogP contribution in [0.3, 0.4) is 0 Å². The second kappa shape index (κ2) is 13.9. The Bertz CT molecular complexity index is 969. The molecule has 184 valence electrons. The summed E-state index contributed by atoms with van der Waals surface area (Å²) in [7, 11) is -2.86. The summed E-state index contributed by atoms with van der Waals surface area (Å²) in [6.45, 7) is 4.58. The number of hydrogen-bond acceptors (Lipinski definition) is 8. The molecule has 2 rings (SSSR count). The van der Waals surface area contributed by atoms with E-state index in [-0.39, 0.29) is 16.9 Å². The quantitative estimate of drug-likeness (QED) is 0.211. The Hall–Kier alpha value is -2.46. The lowest BCUT2D eigenvalue weighted by Gasteiger charge is -2.11. The fourth-order valence-electron chi connectivity index (χ4n) is 3.48. The Balaban J connectivity index is 1.84. The van der Waals surface area contributed by atoms with Crippen LogP contribution < -0.4 is 15.4 Å². The molecule has 0 bridgehead atoms. The van der Waals surface area contributed by atoms with Crippen molar-refractivity contribution in [1.82, 2.24) is 15.0 Å². The highest BCUT2D eigenvalue weighted by molar-refractivity contribution is 7.85. The van der Waals surface area contributed by atoms with Crippen LogP contribution in [0.4, 0.5) is 17.6 Å². The molecule has 10 heteroatoms. The van der Waals surface area contributed by atoms with Crippen molar-refractivity contribution < 1.29 is 17.7 Å². The van der Waals surface area contributed by atoms with E-state index in [1.807, 2.05) is 0 Å². The highest BCUT2D eigenvalue weighted by atomic mass is 32.2. The minimum Gasteiger partial charge on any atom is -0.467 e. The molecule has 0 fully saturated rings. The zero-order valence-corrected chi connectivity index (χ0v) is 20.7. The average Bonchev–Trinajstić information content (AvgIpc) is 2.78. The number of rotatable bonds is 16. The molecule has 0 saturated carbocycles. The van der Waals surface area contributed by atoms with Crippen molar-refractivity contribution in [3.63, 3.8) is 0 Å². The van der Waals surface area contributed by atoms with Crippen LogP contribution in [0.15, 0.2) is 23.1 Å². The first-order valence-corrected chi connectivity index (χ1v) is 13.2. The molecule has 0 radical (unpaired) electrons. The van der Waals surface area contributed by atoms with Gasteiger partial charge in [-0.15, -0.1) is 0 Å². The highest BCUT2D eigenvalue weighted by Gasteiger charge is 2.15. The summed E-state index contributed by atoms with van der Waals surface area (Å²) in [5.41, 5.74) is 0.859. The number of unbranched alkanes of at least 4 members (excludes halogenated alkanes) is 9. The number of aryl methyl sites for hydroxylation is 1. The second-order valence-electron chi connectivity index (χ2n) is 8.16. The van der Waals surface area contributed by atoms with Gasteiger partial charge in [-0.2, -0.15) is 23.4 Å². The van der Waals surface area contributed by atoms with E-state index in [1.165, 1.54) is 64.5 Å². The Kier molecular flexibility index (Phi) is 11.3. The van der Waals surface area contributed by atoms with Crippen molar-refractivity contribution in [2.75, 3.05) is 24.3 Å². The normalized spacial score (nSPS) is 11.4. The molecule has 33 heavy (non-hydrogen) atoms. The predicted molar refractivity (Wildman–Crippen MR) is 131 cm³/mol. The van der Waals surface area contributed by atoms with Gasteiger partial charge in [0.2, 0.25) is 11.9 Å². The topological polar surface area (TPSA) is 126 Å². The molecule has 0 spiro atoms. The summed E-state index contributed by atoms with van der Waals surface area (Å²) in [6, 6.07) is 4.74. The molecule has 0 amide bonds. The zero-order chi connectivity index (χ0) is 24.1. The van der Waals surface area contributed by atoms with Crippen LogP contribution >= 0.6 is 0 Å². The lowest BCUT2D eigenvalue weighted by molar-refractivity contribution is 0.379. The van der Waals surface area contributed by atoms with Gasteiger partial charge >= 0.3 is 6.01 Å². The third-order valence-electron chi connectivity index (χ3n) is 5.33. The van der Waals surface area contributed by atoms with Gasteiger partial charge in [0.15, 0.2) is 0 Å². The molecule has 0 aliphatic heterocycles. The Morgan fingerprint density at radius 1 is 0.909 bits per heavy atom. The van der Waals surface area contributed by atoms with Crippen LogP contribution in [0.25, 0.3) is 0 Å². The molecule has 1 aromatic heterocycles. The summed E-state index contributed by atoms with van der Waals surface area (Å²) in [6.07, 6.45) is 12.7. The number of aromatic nitrogens is 3. The molecule has 2 aromatic rings. The second-order valence-corrected chi connectivity index (χ2v) is 9.55. The van der Waals surface area contributed by atoms with Crippen molar-refractivity contribution in [3.05, 3.63) is 23.8 Å².